The molecule has 1 aromatic heterocycles. The fourth-order valence-electron chi connectivity index (χ4n) is 5.07. The summed E-state index contributed by atoms with van der Waals surface area (Å²) in [6, 6.07) is 13.5. The molecule has 2 amide bonds. The fraction of sp³-hybridized carbons (Fsp3) is 0.333. The Morgan fingerprint density at radius 1 is 1.16 bits per heavy atom. The Morgan fingerprint density at radius 3 is 2.56 bits per heavy atom. The lowest BCUT2D eigenvalue weighted by atomic mass is 9.86. The van der Waals surface area contributed by atoms with Crippen LogP contribution in [0.5, 0.6) is 0 Å². The normalized spacial score (nSPS) is 21.8. The molecule has 1 fully saturated rings. The van der Waals surface area contributed by atoms with E-state index < -0.39 is 17.3 Å². The number of quaternary nitrogens is 1. The maximum atomic E-state index is 13.5. The second-order valence-electron chi connectivity index (χ2n) is 9.03. The molecule has 3 N–H and O–H groups in total. The van der Waals surface area contributed by atoms with Crippen molar-refractivity contribution in [2.75, 3.05) is 13.1 Å². The predicted molar refractivity (Wildman–Crippen MR) is 118 cm³/mol. The number of hydrogen-bond acceptors (Lipinski definition) is 4. The summed E-state index contributed by atoms with van der Waals surface area (Å²) in [4.78, 5) is 33.7. The second-order valence-corrected chi connectivity index (χ2v) is 9.03. The molecule has 0 bridgehead atoms. The lowest BCUT2D eigenvalue weighted by Gasteiger charge is -2.47. The number of rotatable bonds is 4. The van der Waals surface area contributed by atoms with E-state index in [1.54, 1.807) is 34.1 Å². The number of carbonyl (C=O) groups excluding carboxylic acids is 2. The van der Waals surface area contributed by atoms with Gasteiger partial charge in [-0.1, -0.05) is 44.2 Å². The Hall–Kier alpha value is -3.20. The first-order valence-electron chi connectivity index (χ1n) is 10.9. The maximum absolute atomic E-state index is 13.5. The molecule has 2 unspecified atom stereocenters. The third-order valence-corrected chi connectivity index (χ3v) is 6.40. The zero-order valence-electron chi connectivity index (χ0n) is 18.0. The van der Waals surface area contributed by atoms with Gasteiger partial charge in [0.05, 0.1) is 12.6 Å². The predicted octanol–water partition coefficient (Wildman–Crippen LogP) is 1.91. The second kappa shape index (κ2) is 7.74. The number of hydrogen-bond donors (Lipinski definition) is 3. The zero-order chi connectivity index (χ0) is 22.6. The van der Waals surface area contributed by atoms with Crippen LogP contribution in [0, 0.1) is 11.1 Å². The molecule has 2 aliphatic rings. The molecule has 32 heavy (non-hydrogen) atoms. The third kappa shape index (κ3) is 3.28. The largest absolute Gasteiger partial charge is 0.595 e. The smallest absolute Gasteiger partial charge is 0.246 e. The quantitative estimate of drug-likeness (QED) is 0.546. The van der Waals surface area contributed by atoms with E-state index in [0.29, 0.717) is 13.0 Å². The SMILES string of the molecule is CC(C)CN1CC(=O)N2C(c3ccc([NH+]([O-])O)cc3)c3[nH]c4ccccc4c3C[C@H]2C1=O. The van der Waals surface area contributed by atoms with E-state index in [9.17, 15) is 20.0 Å². The molecule has 0 aliphatic carbocycles. The van der Waals surface area contributed by atoms with Crippen LogP contribution in [0.25, 0.3) is 10.9 Å². The molecule has 1 saturated heterocycles. The maximum Gasteiger partial charge on any atom is 0.246 e. The van der Waals surface area contributed by atoms with Gasteiger partial charge in [-0.2, -0.15) is 5.23 Å². The summed E-state index contributed by atoms with van der Waals surface area (Å²) in [6.07, 6.45) is 0.461. The Balaban J connectivity index is 1.65. The molecule has 8 nitrogen and oxygen atoms in total. The average molecular weight is 434 g/mol. The molecule has 0 radical (unpaired) electrons. The molecule has 3 atom stereocenters. The monoisotopic (exact) mass is 434 g/mol. The minimum Gasteiger partial charge on any atom is -0.595 e. The first kappa shape index (κ1) is 20.7. The van der Waals surface area contributed by atoms with Gasteiger partial charge in [0.2, 0.25) is 11.8 Å². The highest BCUT2D eigenvalue weighted by Gasteiger charge is 2.48. The molecular weight excluding hydrogens is 408 g/mol. The molecule has 5 rings (SSSR count). The first-order chi connectivity index (χ1) is 15.3. The Bertz CT molecular complexity index is 1180. The molecule has 166 valence electrons. The fourth-order valence-corrected chi connectivity index (χ4v) is 5.07. The van der Waals surface area contributed by atoms with Crippen molar-refractivity contribution in [3.63, 3.8) is 0 Å². The Kier molecular flexibility index (Phi) is 5.00. The van der Waals surface area contributed by atoms with Crippen LogP contribution in [0.15, 0.2) is 48.5 Å². The summed E-state index contributed by atoms with van der Waals surface area (Å²) in [5, 5.41) is 20.7. The van der Waals surface area contributed by atoms with Gasteiger partial charge in [0.15, 0.2) is 5.69 Å². The van der Waals surface area contributed by atoms with Gasteiger partial charge in [-0.25, -0.2) is 5.21 Å². The number of para-hydroxylation sites is 1. The lowest BCUT2D eigenvalue weighted by molar-refractivity contribution is -0.991. The average Bonchev–Trinajstić information content (AvgIpc) is 3.14. The van der Waals surface area contributed by atoms with E-state index in [1.165, 1.54) is 0 Å². The third-order valence-electron chi connectivity index (χ3n) is 6.40. The van der Waals surface area contributed by atoms with Gasteiger partial charge in [0, 0.05) is 41.7 Å². The Labute approximate surface area is 185 Å². The minimum atomic E-state index is -1.00. The number of carbonyl (C=O) groups is 2. The van der Waals surface area contributed by atoms with Crippen molar-refractivity contribution in [2.24, 2.45) is 5.92 Å². The van der Waals surface area contributed by atoms with Gasteiger partial charge >= 0.3 is 0 Å². The van der Waals surface area contributed by atoms with Crippen molar-refractivity contribution in [3.05, 3.63) is 70.6 Å². The number of benzene rings is 2. The molecular formula is C24H26N4O4. The number of amides is 2. The van der Waals surface area contributed by atoms with Crippen LogP contribution >= 0.6 is 0 Å². The van der Waals surface area contributed by atoms with Crippen molar-refractivity contribution < 1.29 is 20.0 Å². The first-order valence-corrected chi connectivity index (χ1v) is 10.9. The van der Waals surface area contributed by atoms with Crippen molar-refractivity contribution >= 4 is 28.4 Å². The molecule has 2 aliphatic heterocycles. The van der Waals surface area contributed by atoms with Crippen molar-refractivity contribution in [2.45, 2.75) is 32.4 Å². The van der Waals surface area contributed by atoms with E-state index in [0.717, 1.165) is 27.7 Å². The number of piperazine rings is 1. The van der Waals surface area contributed by atoms with E-state index in [4.69, 9.17) is 0 Å². The molecule has 3 aromatic rings. The van der Waals surface area contributed by atoms with Gasteiger partial charge in [-0.05, 0) is 23.1 Å². The van der Waals surface area contributed by atoms with Crippen molar-refractivity contribution in [1.82, 2.24) is 14.8 Å². The molecule has 8 heteroatoms. The van der Waals surface area contributed by atoms with Crippen LogP contribution in [0.1, 0.15) is 36.7 Å². The van der Waals surface area contributed by atoms with Crippen LogP contribution < -0.4 is 5.23 Å². The molecule has 3 heterocycles. The van der Waals surface area contributed by atoms with Gasteiger partial charge in [-0.3, -0.25) is 9.59 Å². The number of aromatic nitrogens is 1. The summed E-state index contributed by atoms with van der Waals surface area (Å²) >= 11 is 0. The molecule has 0 spiro atoms. The highest BCUT2D eigenvalue weighted by molar-refractivity contribution is 5.97. The minimum absolute atomic E-state index is 0.0265. The standard InChI is InChI=1S/C24H26N4O4/c1-14(2)12-26-13-21(29)27-20(24(26)30)11-18-17-5-3-4-6-19(17)25-22(18)23(27)15-7-9-16(10-8-15)28(31)32/h3-10,14,20,23,25,28,31H,11-13H2,1-2H3/t20-,23?/m0/s1. The Morgan fingerprint density at radius 2 is 1.88 bits per heavy atom. The lowest BCUT2D eigenvalue weighted by Crippen LogP contribution is -2.99. The number of aromatic amines is 1. The van der Waals surface area contributed by atoms with E-state index in [-0.39, 0.29) is 30.0 Å². The van der Waals surface area contributed by atoms with Gasteiger partial charge in [-0.15, -0.1) is 0 Å². The van der Waals surface area contributed by atoms with Crippen LogP contribution in [-0.4, -0.2) is 50.9 Å². The van der Waals surface area contributed by atoms with Crippen molar-refractivity contribution in [1.29, 1.82) is 0 Å². The van der Waals surface area contributed by atoms with Crippen LogP contribution in [0.2, 0.25) is 0 Å². The summed E-state index contributed by atoms with van der Waals surface area (Å²) in [6.45, 7) is 4.69. The van der Waals surface area contributed by atoms with E-state index in [1.807, 2.05) is 38.1 Å². The van der Waals surface area contributed by atoms with E-state index in [2.05, 4.69) is 4.98 Å². The van der Waals surface area contributed by atoms with Crippen LogP contribution in [0.4, 0.5) is 5.69 Å². The number of fused-ring (bicyclic) bond motifs is 4. The molecule has 0 saturated carbocycles. The van der Waals surface area contributed by atoms with Gasteiger partial charge in [0.1, 0.15) is 6.04 Å². The summed E-state index contributed by atoms with van der Waals surface area (Å²) in [5.74, 6) is 0.151. The van der Waals surface area contributed by atoms with Crippen molar-refractivity contribution in [3.8, 4) is 0 Å². The zero-order valence-corrected chi connectivity index (χ0v) is 18.0. The number of H-pyrrole nitrogens is 1. The summed E-state index contributed by atoms with van der Waals surface area (Å²) < 4.78 is 0. The topological polar surface area (TPSA) is 104 Å². The van der Waals surface area contributed by atoms with Gasteiger partial charge in [0.25, 0.3) is 0 Å². The summed E-state index contributed by atoms with van der Waals surface area (Å²) in [7, 11) is 0. The summed E-state index contributed by atoms with van der Waals surface area (Å²) in [5.41, 5.74) is 3.86. The van der Waals surface area contributed by atoms with E-state index >= 15 is 0 Å². The number of nitrogens with one attached hydrogen (secondary N) is 2. The van der Waals surface area contributed by atoms with Crippen LogP contribution in [-0.2, 0) is 16.0 Å². The molecule has 2 aromatic carbocycles. The highest BCUT2D eigenvalue weighted by atomic mass is 16.8. The number of nitrogens with zero attached hydrogens (tertiary/aromatic N) is 2. The van der Waals surface area contributed by atoms with Gasteiger partial charge < -0.3 is 20.0 Å². The highest BCUT2D eigenvalue weighted by Crippen LogP contribution is 2.42. The van der Waals surface area contributed by atoms with Crippen LogP contribution in [0.3, 0.4) is 0 Å².